The fourth-order valence-corrected chi connectivity index (χ4v) is 1.91. The second-order valence-electron chi connectivity index (χ2n) is 3.67. The maximum absolute atomic E-state index is 3.87. The predicted molar refractivity (Wildman–Crippen MR) is 74.2 cm³/mol. The Morgan fingerprint density at radius 2 is 1.81 bits per heavy atom. The van der Waals surface area contributed by atoms with Crippen molar-refractivity contribution >= 4 is 18.2 Å². The van der Waals surface area contributed by atoms with E-state index in [-0.39, 0.29) is 0 Å². The Balaban J connectivity index is 3.46. The predicted octanol–water partition coefficient (Wildman–Crippen LogP) is 4.21. The van der Waals surface area contributed by atoms with Crippen LogP contribution in [-0.2, 0) is 7.05 Å². The molecule has 1 aromatic heterocycles. The fourth-order valence-electron chi connectivity index (χ4n) is 1.91. The van der Waals surface area contributed by atoms with E-state index in [2.05, 4.69) is 49.9 Å². The van der Waals surface area contributed by atoms with Crippen LogP contribution in [-0.4, -0.2) is 4.57 Å². The van der Waals surface area contributed by atoms with Crippen molar-refractivity contribution in [1.29, 1.82) is 0 Å². The molecule has 0 N–H and O–H groups in total. The lowest BCUT2D eigenvalue weighted by atomic mass is 10.1. The molecule has 0 aliphatic heterocycles. The van der Waals surface area contributed by atoms with E-state index in [4.69, 9.17) is 0 Å². The minimum absolute atomic E-state index is 1.15. The largest absolute Gasteiger partial charge is 0.344 e. The average molecular weight is 213 g/mol. The molecule has 1 heterocycles. The van der Waals surface area contributed by atoms with Gasteiger partial charge >= 0.3 is 0 Å². The lowest BCUT2D eigenvalue weighted by Crippen LogP contribution is -1.93. The van der Waals surface area contributed by atoms with Gasteiger partial charge in [-0.3, -0.25) is 0 Å². The second kappa shape index (κ2) is 5.36. The Morgan fingerprint density at radius 3 is 2.31 bits per heavy atom. The summed E-state index contributed by atoms with van der Waals surface area (Å²) in [5.74, 6) is 0. The SMILES string of the molecule is C=C/C=C\c1c(C)c(/C=C\C)c(C=C)n1C. The van der Waals surface area contributed by atoms with Crippen molar-refractivity contribution in [3.63, 3.8) is 0 Å². The Hall–Kier alpha value is -1.76. The molecule has 0 radical (unpaired) electrons. The van der Waals surface area contributed by atoms with E-state index >= 15 is 0 Å². The third-order valence-corrected chi connectivity index (χ3v) is 2.70. The van der Waals surface area contributed by atoms with E-state index in [0.717, 1.165) is 5.69 Å². The van der Waals surface area contributed by atoms with Crippen molar-refractivity contribution in [2.45, 2.75) is 13.8 Å². The monoisotopic (exact) mass is 213 g/mol. The lowest BCUT2D eigenvalue weighted by Gasteiger charge is -2.00. The van der Waals surface area contributed by atoms with Crippen LogP contribution < -0.4 is 0 Å². The summed E-state index contributed by atoms with van der Waals surface area (Å²) in [6.45, 7) is 11.7. The van der Waals surface area contributed by atoms with Gasteiger partial charge in [-0.1, -0.05) is 37.5 Å². The van der Waals surface area contributed by atoms with Gasteiger partial charge in [-0.25, -0.2) is 0 Å². The minimum Gasteiger partial charge on any atom is -0.344 e. The number of rotatable bonds is 4. The van der Waals surface area contributed by atoms with E-state index in [9.17, 15) is 0 Å². The Kier molecular flexibility index (Phi) is 4.12. The van der Waals surface area contributed by atoms with Gasteiger partial charge in [-0.05, 0) is 31.6 Å². The quantitative estimate of drug-likeness (QED) is 0.660. The first-order chi connectivity index (χ1) is 7.67. The number of allylic oxidation sites excluding steroid dienone is 3. The molecular weight excluding hydrogens is 194 g/mol. The van der Waals surface area contributed by atoms with Crippen molar-refractivity contribution in [3.05, 3.63) is 53.9 Å². The van der Waals surface area contributed by atoms with Gasteiger partial charge in [-0.2, -0.15) is 0 Å². The summed E-state index contributed by atoms with van der Waals surface area (Å²) in [6, 6.07) is 0. The molecule has 0 bridgehead atoms. The summed E-state index contributed by atoms with van der Waals surface area (Å²) in [5.41, 5.74) is 4.86. The normalized spacial score (nSPS) is 11.4. The van der Waals surface area contributed by atoms with E-state index in [1.54, 1.807) is 6.08 Å². The maximum atomic E-state index is 3.87. The molecule has 0 fully saturated rings. The molecule has 0 saturated heterocycles. The Morgan fingerprint density at radius 1 is 1.12 bits per heavy atom. The Labute approximate surface area is 98.1 Å². The zero-order valence-corrected chi connectivity index (χ0v) is 10.3. The highest BCUT2D eigenvalue weighted by Gasteiger charge is 2.11. The van der Waals surface area contributed by atoms with Gasteiger partial charge in [0.15, 0.2) is 0 Å². The first-order valence-corrected chi connectivity index (χ1v) is 5.40. The minimum atomic E-state index is 1.15. The standard InChI is InChI=1S/C15H19N/c1-6-9-11-15-12(4)13(10-7-2)14(8-3)16(15)5/h6-11H,1,3H2,2,4-5H3/b10-7-,11-9-. The molecule has 0 atom stereocenters. The molecule has 0 amide bonds. The van der Waals surface area contributed by atoms with E-state index < -0.39 is 0 Å². The molecule has 0 aliphatic rings. The highest BCUT2D eigenvalue weighted by Crippen LogP contribution is 2.25. The van der Waals surface area contributed by atoms with Gasteiger partial charge in [0.05, 0.1) is 0 Å². The maximum Gasteiger partial charge on any atom is 0.0479 e. The zero-order valence-electron chi connectivity index (χ0n) is 10.3. The smallest absolute Gasteiger partial charge is 0.0479 e. The van der Waals surface area contributed by atoms with E-state index in [1.165, 1.54) is 16.8 Å². The summed E-state index contributed by atoms with van der Waals surface area (Å²) >= 11 is 0. The van der Waals surface area contributed by atoms with Crippen LogP contribution >= 0.6 is 0 Å². The summed E-state index contributed by atoms with van der Waals surface area (Å²) in [5, 5.41) is 0. The van der Waals surface area contributed by atoms with Gasteiger partial charge in [0, 0.05) is 24.0 Å². The van der Waals surface area contributed by atoms with Gasteiger partial charge in [0.2, 0.25) is 0 Å². The van der Waals surface area contributed by atoms with Crippen LogP contribution in [0.15, 0.2) is 31.4 Å². The van der Waals surface area contributed by atoms with Crippen LogP contribution in [0.2, 0.25) is 0 Å². The van der Waals surface area contributed by atoms with Gasteiger partial charge in [-0.15, -0.1) is 0 Å². The molecule has 84 valence electrons. The second-order valence-corrected chi connectivity index (χ2v) is 3.67. The molecule has 1 rings (SSSR count). The number of hydrogen-bond donors (Lipinski definition) is 0. The van der Waals surface area contributed by atoms with Crippen molar-refractivity contribution in [3.8, 4) is 0 Å². The number of nitrogens with zero attached hydrogens (tertiary/aromatic N) is 1. The Bertz CT molecular complexity index is 456. The van der Waals surface area contributed by atoms with E-state index in [0.29, 0.717) is 0 Å². The molecule has 0 spiro atoms. The topological polar surface area (TPSA) is 4.93 Å². The molecule has 0 aliphatic carbocycles. The van der Waals surface area contributed by atoms with E-state index in [1.807, 2.05) is 19.1 Å². The molecule has 1 nitrogen and oxygen atoms in total. The van der Waals surface area contributed by atoms with Crippen LogP contribution in [0.4, 0.5) is 0 Å². The highest BCUT2D eigenvalue weighted by molar-refractivity contribution is 5.71. The number of aromatic nitrogens is 1. The van der Waals surface area contributed by atoms with Crippen LogP contribution in [0.25, 0.3) is 18.2 Å². The van der Waals surface area contributed by atoms with Crippen LogP contribution in [0, 0.1) is 6.92 Å². The molecule has 1 heteroatoms. The third-order valence-electron chi connectivity index (χ3n) is 2.70. The van der Waals surface area contributed by atoms with Gasteiger partial charge in [0.1, 0.15) is 0 Å². The van der Waals surface area contributed by atoms with Crippen LogP contribution in [0.5, 0.6) is 0 Å². The van der Waals surface area contributed by atoms with Crippen LogP contribution in [0.3, 0.4) is 0 Å². The van der Waals surface area contributed by atoms with Crippen molar-refractivity contribution in [1.82, 2.24) is 4.57 Å². The first kappa shape index (κ1) is 12.3. The first-order valence-electron chi connectivity index (χ1n) is 5.40. The molecular formula is C15H19N. The van der Waals surface area contributed by atoms with Crippen molar-refractivity contribution in [2.24, 2.45) is 7.05 Å². The third kappa shape index (κ3) is 2.08. The fraction of sp³-hybridized carbons (Fsp3) is 0.200. The zero-order chi connectivity index (χ0) is 12.1. The highest BCUT2D eigenvalue weighted by atomic mass is 15.0. The summed E-state index contributed by atoms with van der Waals surface area (Å²) in [6.07, 6.45) is 11.9. The molecule has 16 heavy (non-hydrogen) atoms. The molecule has 1 aromatic rings. The summed E-state index contributed by atoms with van der Waals surface area (Å²) in [4.78, 5) is 0. The van der Waals surface area contributed by atoms with Crippen molar-refractivity contribution in [2.75, 3.05) is 0 Å². The van der Waals surface area contributed by atoms with Gasteiger partial charge in [0.25, 0.3) is 0 Å². The average Bonchev–Trinajstić information content (AvgIpc) is 2.50. The van der Waals surface area contributed by atoms with Crippen LogP contribution in [0.1, 0.15) is 29.4 Å². The number of hydrogen-bond acceptors (Lipinski definition) is 0. The molecule has 0 unspecified atom stereocenters. The molecule has 0 aromatic carbocycles. The van der Waals surface area contributed by atoms with Crippen molar-refractivity contribution < 1.29 is 0 Å². The summed E-state index contributed by atoms with van der Waals surface area (Å²) < 4.78 is 2.15. The molecule has 0 saturated carbocycles. The lowest BCUT2D eigenvalue weighted by molar-refractivity contribution is 0.899. The van der Waals surface area contributed by atoms with Gasteiger partial charge < -0.3 is 4.57 Å². The summed E-state index contributed by atoms with van der Waals surface area (Å²) in [7, 11) is 2.06.